The molecule has 0 amide bonds. The van der Waals surface area contributed by atoms with Crippen LogP contribution in [0.15, 0.2) is 70.7 Å². The van der Waals surface area contributed by atoms with E-state index in [-0.39, 0.29) is 16.3 Å². The minimum Gasteiger partial charge on any atom is -0.513 e. The van der Waals surface area contributed by atoms with Gasteiger partial charge in [0.1, 0.15) is 6.26 Å². The number of carbonyl (C=O) groups is 1. The first kappa shape index (κ1) is 15.2. The lowest BCUT2D eigenvalue weighted by Crippen LogP contribution is -2.02. The Labute approximate surface area is 131 Å². The van der Waals surface area contributed by atoms with Gasteiger partial charge < -0.3 is 5.11 Å². The summed E-state index contributed by atoms with van der Waals surface area (Å²) >= 11 is 11.7. The van der Waals surface area contributed by atoms with Crippen molar-refractivity contribution in [2.45, 2.75) is 0 Å². The summed E-state index contributed by atoms with van der Waals surface area (Å²) in [6.45, 7) is 0. The number of rotatable bonds is 4. The van der Waals surface area contributed by atoms with Gasteiger partial charge in [0, 0.05) is 10.6 Å². The maximum absolute atomic E-state index is 12.2. The first-order chi connectivity index (χ1) is 10.1. The highest BCUT2D eigenvalue weighted by atomic mass is 35.5. The molecule has 0 fully saturated rings. The van der Waals surface area contributed by atoms with Crippen LogP contribution in [0.3, 0.4) is 0 Å². The number of benzene rings is 2. The standard InChI is InChI=1S/C15H10Cl2N2O2/c16-10-6-7-12(13(17)8-10)15(21)14(9-20)19-18-11-4-2-1-3-5-11/h1-9,20H/b14-9-,19-18?. The number of carbonyl (C=O) groups excluding carboxylic acids is 1. The summed E-state index contributed by atoms with van der Waals surface area (Å²) in [5, 5.41) is 17.4. The fourth-order valence-electron chi connectivity index (χ4n) is 1.55. The van der Waals surface area contributed by atoms with Crippen molar-refractivity contribution in [3.63, 3.8) is 0 Å². The molecule has 0 unspecified atom stereocenters. The van der Waals surface area contributed by atoms with Gasteiger partial charge in [-0.05, 0) is 30.3 Å². The maximum Gasteiger partial charge on any atom is 0.217 e. The lowest BCUT2D eigenvalue weighted by molar-refractivity contribution is 0.102. The second kappa shape index (κ2) is 7.02. The van der Waals surface area contributed by atoms with Gasteiger partial charge in [-0.1, -0.05) is 41.4 Å². The minimum atomic E-state index is -0.543. The number of allylic oxidation sites excluding steroid dienone is 1. The predicted octanol–water partition coefficient (Wildman–Crippen LogP) is 5.36. The van der Waals surface area contributed by atoms with Gasteiger partial charge in [0.05, 0.1) is 10.7 Å². The molecule has 0 aliphatic heterocycles. The van der Waals surface area contributed by atoms with Crippen molar-refractivity contribution in [2.24, 2.45) is 10.2 Å². The lowest BCUT2D eigenvalue weighted by atomic mass is 10.1. The summed E-state index contributed by atoms with van der Waals surface area (Å²) in [6, 6.07) is 13.3. The zero-order valence-electron chi connectivity index (χ0n) is 10.7. The van der Waals surface area contributed by atoms with Crippen LogP contribution in [0.1, 0.15) is 10.4 Å². The van der Waals surface area contributed by atoms with Crippen molar-refractivity contribution in [3.05, 3.63) is 76.1 Å². The molecule has 0 atom stereocenters. The molecule has 6 heteroatoms. The molecule has 2 aromatic carbocycles. The third kappa shape index (κ3) is 3.90. The van der Waals surface area contributed by atoms with Crippen LogP contribution >= 0.6 is 23.2 Å². The van der Waals surface area contributed by atoms with Crippen LogP contribution in [0.5, 0.6) is 0 Å². The Balaban J connectivity index is 2.26. The van der Waals surface area contributed by atoms with E-state index in [1.807, 2.05) is 6.07 Å². The number of ketones is 1. The first-order valence-corrected chi connectivity index (χ1v) is 6.68. The quantitative estimate of drug-likeness (QED) is 0.357. The monoisotopic (exact) mass is 320 g/mol. The van der Waals surface area contributed by atoms with Crippen molar-refractivity contribution < 1.29 is 9.90 Å². The molecular weight excluding hydrogens is 311 g/mol. The van der Waals surface area contributed by atoms with Crippen LogP contribution < -0.4 is 0 Å². The highest BCUT2D eigenvalue weighted by Gasteiger charge is 2.16. The number of halogens is 2. The molecule has 2 rings (SSSR count). The maximum atomic E-state index is 12.2. The Bertz CT molecular complexity index is 713. The topological polar surface area (TPSA) is 62.0 Å². The lowest BCUT2D eigenvalue weighted by Gasteiger charge is -2.03. The number of Topliss-reactive ketones (excluding diaryl/α,β-unsaturated/α-hetero) is 1. The summed E-state index contributed by atoms with van der Waals surface area (Å²) in [5.74, 6) is -0.543. The van der Waals surface area contributed by atoms with Crippen molar-refractivity contribution in [1.82, 2.24) is 0 Å². The second-order valence-electron chi connectivity index (χ2n) is 4.00. The molecule has 0 bridgehead atoms. The van der Waals surface area contributed by atoms with E-state index in [1.165, 1.54) is 18.2 Å². The van der Waals surface area contributed by atoms with E-state index in [2.05, 4.69) is 10.2 Å². The van der Waals surface area contributed by atoms with Gasteiger partial charge in [0.15, 0.2) is 5.70 Å². The van der Waals surface area contributed by atoms with Gasteiger partial charge in [-0.25, -0.2) is 0 Å². The number of hydrogen-bond acceptors (Lipinski definition) is 4. The summed E-state index contributed by atoms with van der Waals surface area (Å²) in [4.78, 5) is 12.2. The predicted molar refractivity (Wildman–Crippen MR) is 82.5 cm³/mol. The molecule has 4 nitrogen and oxygen atoms in total. The van der Waals surface area contributed by atoms with Crippen LogP contribution in [-0.4, -0.2) is 10.9 Å². The highest BCUT2D eigenvalue weighted by Crippen LogP contribution is 2.24. The van der Waals surface area contributed by atoms with E-state index in [0.717, 1.165) is 0 Å². The summed E-state index contributed by atoms with van der Waals surface area (Å²) in [5.41, 5.74) is 0.531. The molecule has 0 spiro atoms. The fourth-order valence-corrected chi connectivity index (χ4v) is 2.04. The van der Waals surface area contributed by atoms with Crippen molar-refractivity contribution in [1.29, 1.82) is 0 Å². The Kier molecular flexibility index (Phi) is 5.09. The molecule has 0 saturated carbocycles. The number of hydrogen-bond donors (Lipinski definition) is 1. The van der Waals surface area contributed by atoms with E-state index in [1.54, 1.807) is 24.3 Å². The van der Waals surface area contributed by atoms with Crippen LogP contribution in [-0.2, 0) is 0 Å². The van der Waals surface area contributed by atoms with Gasteiger partial charge in [-0.15, -0.1) is 5.11 Å². The van der Waals surface area contributed by atoms with Gasteiger partial charge in [0.25, 0.3) is 0 Å². The molecule has 21 heavy (non-hydrogen) atoms. The van der Waals surface area contributed by atoms with Gasteiger partial charge in [0.2, 0.25) is 5.78 Å². The normalized spacial score (nSPS) is 11.8. The Morgan fingerprint density at radius 1 is 1.10 bits per heavy atom. The highest BCUT2D eigenvalue weighted by molar-refractivity contribution is 6.37. The molecule has 106 valence electrons. The zero-order chi connectivity index (χ0) is 15.2. The van der Waals surface area contributed by atoms with Crippen LogP contribution in [0.25, 0.3) is 0 Å². The smallest absolute Gasteiger partial charge is 0.217 e. The number of aliphatic hydroxyl groups excluding tert-OH is 1. The third-order valence-electron chi connectivity index (χ3n) is 2.56. The average Bonchev–Trinajstić information content (AvgIpc) is 2.48. The Morgan fingerprint density at radius 3 is 2.43 bits per heavy atom. The first-order valence-electron chi connectivity index (χ1n) is 5.92. The molecule has 0 aromatic heterocycles. The van der Waals surface area contributed by atoms with Crippen LogP contribution in [0.2, 0.25) is 10.0 Å². The van der Waals surface area contributed by atoms with Gasteiger partial charge in [-0.3, -0.25) is 4.79 Å². The summed E-state index contributed by atoms with van der Waals surface area (Å²) in [7, 11) is 0. The third-order valence-corrected chi connectivity index (χ3v) is 3.11. The van der Waals surface area contributed by atoms with Crippen LogP contribution in [0, 0.1) is 0 Å². The fraction of sp³-hybridized carbons (Fsp3) is 0. The number of nitrogens with zero attached hydrogens (tertiary/aromatic N) is 2. The molecule has 1 N–H and O–H groups in total. The zero-order valence-corrected chi connectivity index (χ0v) is 12.2. The van der Waals surface area contributed by atoms with E-state index in [4.69, 9.17) is 23.2 Å². The molecule has 0 aliphatic rings. The Morgan fingerprint density at radius 2 is 1.81 bits per heavy atom. The van der Waals surface area contributed by atoms with Crippen molar-refractivity contribution in [3.8, 4) is 0 Å². The van der Waals surface area contributed by atoms with Gasteiger partial charge >= 0.3 is 0 Å². The molecule has 0 aliphatic carbocycles. The Hall–Kier alpha value is -2.17. The van der Waals surface area contributed by atoms with E-state index < -0.39 is 5.78 Å². The second-order valence-corrected chi connectivity index (χ2v) is 4.85. The van der Waals surface area contributed by atoms with E-state index in [9.17, 15) is 9.90 Å². The SMILES string of the molecule is O=C(/C(=C/O)N=Nc1ccccc1)c1ccc(Cl)cc1Cl. The minimum absolute atomic E-state index is 0.182. The van der Waals surface area contributed by atoms with Gasteiger partial charge in [-0.2, -0.15) is 5.11 Å². The van der Waals surface area contributed by atoms with Crippen LogP contribution in [0.4, 0.5) is 5.69 Å². The molecule has 0 radical (unpaired) electrons. The summed E-state index contributed by atoms with van der Waals surface area (Å²) < 4.78 is 0. The number of aliphatic hydroxyl groups is 1. The van der Waals surface area contributed by atoms with E-state index >= 15 is 0 Å². The molecule has 2 aromatic rings. The van der Waals surface area contributed by atoms with Crippen molar-refractivity contribution in [2.75, 3.05) is 0 Å². The average molecular weight is 321 g/mol. The number of azo groups is 1. The molecule has 0 saturated heterocycles. The van der Waals surface area contributed by atoms with Crippen molar-refractivity contribution >= 4 is 34.7 Å². The largest absolute Gasteiger partial charge is 0.513 e. The molecular formula is C15H10Cl2N2O2. The molecule has 0 heterocycles. The van der Waals surface area contributed by atoms with E-state index in [0.29, 0.717) is 17.0 Å². The summed E-state index contributed by atoms with van der Waals surface area (Å²) in [6.07, 6.45) is 0.597.